The second kappa shape index (κ2) is 5.74. The molecule has 0 bridgehead atoms. The van der Waals surface area contributed by atoms with Gasteiger partial charge in [0.1, 0.15) is 11.3 Å². The van der Waals surface area contributed by atoms with Gasteiger partial charge in [-0.15, -0.1) is 0 Å². The molecule has 0 fully saturated rings. The summed E-state index contributed by atoms with van der Waals surface area (Å²) in [6, 6.07) is 17.3. The van der Waals surface area contributed by atoms with E-state index in [-0.39, 0.29) is 6.04 Å². The van der Waals surface area contributed by atoms with E-state index in [1.54, 1.807) is 0 Å². The van der Waals surface area contributed by atoms with Gasteiger partial charge in [0.05, 0.1) is 6.04 Å². The lowest BCUT2D eigenvalue weighted by Gasteiger charge is -2.13. The van der Waals surface area contributed by atoms with Gasteiger partial charge in [-0.05, 0) is 51.1 Å². The number of rotatable bonds is 4. The van der Waals surface area contributed by atoms with Gasteiger partial charge in [0.2, 0.25) is 0 Å². The zero-order valence-corrected chi connectivity index (χ0v) is 12.8. The van der Waals surface area contributed by atoms with Gasteiger partial charge >= 0.3 is 0 Å². The number of aryl methyl sites for hydroxylation is 2. The lowest BCUT2D eigenvalue weighted by atomic mass is 10.0. The molecule has 1 unspecified atom stereocenters. The van der Waals surface area contributed by atoms with E-state index in [9.17, 15) is 0 Å². The van der Waals surface area contributed by atoms with Crippen LogP contribution in [0.2, 0.25) is 0 Å². The van der Waals surface area contributed by atoms with Crippen molar-refractivity contribution in [3.05, 3.63) is 71.0 Å². The Morgan fingerprint density at radius 1 is 1.00 bits per heavy atom. The Morgan fingerprint density at radius 3 is 2.57 bits per heavy atom. The molecule has 2 heteroatoms. The molecule has 0 saturated carbocycles. The van der Waals surface area contributed by atoms with Crippen molar-refractivity contribution in [1.29, 1.82) is 0 Å². The van der Waals surface area contributed by atoms with Crippen LogP contribution < -0.4 is 5.32 Å². The molecule has 0 aliphatic heterocycles. The molecule has 0 aliphatic carbocycles. The highest BCUT2D eigenvalue weighted by molar-refractivity contribution is 5.78. The molecule has 1 aromatic heterocycles. The van der Waals surface area contributed by atoms with Crippen molar-refractivity contribution in [2.45, 2.75) is 26.3 Å². The fourth-order valence-corrected chi connectivity index (χ4v) is 2.77. The first kappa shape index (κ1) is 13.9. The summed E-state index contributed by atoms with van der Waals surface area (Å²) in [6.45, 7) is 4.23. The van der Waals surface area contributed by atoms with E-state index in [0.29, 0.717) is 0 Å². The van der Waals surface area contributed by atoms with Crippen LogP contribution in [-0.2, 0) is 6.42 Å². The Balaban J connectivity index is 1.90. The number of benzene rings is 2. The normalized spacial score (nSPS) is 12.7. The minimum Gasteiger partial charge on any atom is -0.459 e. The zero-order chi connectivity index (χ0) is 14.8. The number of fused-ring (bicyclic) bond motifs is 1. The molecule has 1 atom stereocenters. The third-order valence-electron chi connectivity index (χ3n) is 3.91. The molecule has 21 heavy (non-hydrogen) atoms. The molecule has 3 aromatic rings. The van der Waals surface area contributed by atoms with E-state index in [2.05, 4.69) is 61.6 Å². The molecule has 0 radical (unpaired) electrons. The van der Waals surface area contributed by atoms with Crippen molar-refractivity contribution in [2.24, 2.45) is 0 Å². The molecule has 2 nitrogen and oxygen atoms in total. The van der Waals surface area contributed by atoms with Crippen LogP contribution in [0, 0.1) is 13.8 Å². The van der Waals surface area contributed by atoms with E-state index in [1.807, 2.05) is 13.1 Å². The van der Waals surface area contributed by atoms with Crippen molar-refractivity contribution in [3.63, 3.8) is 0 Å². The highest BCUT2D eigenvalue weighted by atomic mass is 16.3. The second-order valence-corrected chi connectivity index (χ2v) is 5.72. The zero-order valence-electron chi connectivity index (χ0n) is 12.8. The largest absolute Gasteiger partial charge is 0.459 e. The van der Waals surface area contributed by atoms with E-state index < -0.39 is 0 Å². The lowest BCUT2D eigenvalue weighted by Crippen LogP contribution is -2.18. The smallest absolute Gasteiger partial charge is 0.134 e. The summed E-state index contributed by atoms with van der Waals surface area (Å²) in [7, 11) is 1.99. The number of likely N-dealkylation sites (N-methyl/N-ethyl adjacent to an activating group) is 1. The Labute approximate surface area is 125 Å². The summed E-state index contributed by atoms with van der Waals surface area (Å²) in [6.07, 6.45) is 0.928. The summed E-state index contributed by atoms with van der Waals surface area (Å²) in [5, 5.41) is 4.54. The molecule has 0 saturated heterocycles. The first-order chi connectivity index (χ1) is 10.2. The Bertz CT molecular complexity index is 757. The second-order valence-electron chi connectivity index (χ2n) is 5.72. The molecule has 0 amide bonds. The topological polar surface area (TPSA) is 25.2 Å². The van der Waals surface area contributed by atoms with Crippen LogP contribution in [-0.4, -0.2) is 7.05 Å². The quantitative estimate of drug-likeness (QED) is 0.757. The highest BCUT2D eigenvalue weighted by Gasteiger charge is 2.15. The highest BCUT2D eigenvalue weighted by Crippen LogP contribution is 2.27. The third-order valence-corrected chi connectivity index (χ3v) is 3.91. The van der Waals surface area contributed by atoms with Gasteiger partial charge in [-0.3, -0.25) is 0 Å². The van der Waals surface area contributed by atoms with Crippen molar-refractivity contribution in [1.82, 2.24) is 5.32 Å². The Morgan fingerprint density at radius 2 is 1.81 bits per heavy atom. The van der Waals surface area contributed by atoms with Crippen LogP contribution in [0.25, 0.3) is 11.0 Å². The third kappa shape index (κ3) is 3.01. The predicted octanol–water partition coefficient (Wildman–Crippen LogP) is 4.55. The standard InChI is InChI=1S/C19H21NO/c1-13-5-4-6-15(9-13)11-17(20-3)19-12-16-10-14(2)7-8-18(16)21-19/h4-10,12,17,20H,11H2,1-3H3. The molecule has 1 N–H and O–H groups in total. The maximum Gasteiger partial charge on any atom is 0.134 e. The van der Waals surface area contributed by atoms with Gasteiger partial charge in [-0.25, -0.2) is 0 Å². The van der Waals surface area contributed by atoms with E-state index in [1.165, 1.54) is 22.1 Å². The first-order valence-corrected chi connectivity index (χ1v) is 7.38. The fraction of sp³-hybridized carbons (Fsp3) is 0.263. The van der Waals surface area contributed by atoms with Gasteiger partial charge < -0.3 is 9.73 Å². The van der Waals surface area contributed by atoms with Crippen LogP contribution in [0.3, 0.4) is 0 Å². The summed E-state index contributed by atoms with van der Waals surface area (Å²) in [5.74, 6) is 1.000. The molecular weight excluding hydrogens is 258 g/mol. The minimum absolute atomic E-state index is 0.194. The minimum atomic E-state index is 0.194. The van der Waals surface area contributed by atoms with E-state index >= 15 is 0 Å². The fourth-order valence-electron chi connectivity index (χ4n) is 2.77. The molecule has 2 aromatic carbocycles. The first-order valence-electron chi connectivity index (χ1n) is 7.38. The van der Waals surface area contributed by atoms with Crippen molar-refractivity contribution in [2.75, 3.05) is 7.05 Å². The van der Waals surface area contributed by atoms with Gasteiger partial charge in [0.25, 0.3) is 0 Å². The SMILES string of the molecule is CNC(Cc1cccc(C)c1)c1cc2cc(C)ccc2o1. The molecular formula is C19H21NO. The average Bonchev–Trinajstić information content (AvgIpc) is 2.87. The average molecular weight is 279 g/mol. The van der Waals surface area contributed by atoms with Gasteiger partial charge in [0.15, 0.2) is 0 Å². The summed E-state index contributed by atoms with van der Waals surface area (Å²) < 4.78 is 6.02. The van der Waals surface area contributed by atoms with Crippen LogP contribution >= 0.6 is 0 Å². The van der Waals surface area contributed by atoms with E-state index in [0.717, 1.165) is 17.8 Å². The molecule has 3 rings (SSSR count). The number of hydrogen-bond acceptors (Lipinski definition) is 2. The Hall–Kier alpha value is -2.06. The molecule has 0 spiro atoms. The molecule has 1 heterocycles. The van der Waals surface area contributed by atoms with Gasteiger partial charge in [-0.1, -0.05) is 41.5 Å². The number of nitrogens with one attached hydrogen (secondary N) is 1. The maximum absolute atomic E-state index is 6.02. The van der Waals surface area contributed by atoms with Crippen molar-refractivity contribution < 1.29 is 4.42 Å². The van der Waals surface area contributed by atoms with Crippen LogP contribution in [0.5, 0.6) is 0 Å². The summed E-state index contributed by atoms with van der Waals surface area (Å²) in [4.78, 5) is 0. The molecule has 108 valence electrons. The van der Waals surface area contributed by atoms with Crippen LogP contribution in [0.4, 0.5) is 0 Å². The Kier molecular flexibility index (Phi) is 3.80. The van der Waals surface area contributed by atoms with Crippen molar-refractivity contribution >= 4 is 11.0 Å². The maximum atomic E-state index is 6.02. The number of furan rings is 1. The predicted molar refractivity (Wildman–Crippen MR) is 87.6 cm³/mol. The molecule has 0 aliphatic rings. The van der Waals surface area contributed by atoms with Gasteiger partial charge in [-0.2, -0.15) is 0 Å². The van der Waals surface area contributed by atoms with Crippen LogP contribution in [0.15, 0.2) is 52.9 Å². The lowest BCUT2D eigenvalue weighted by molar-refractivity contribution is 0.451. The van der Waals surface area contributed by atoms with Crippen LogP contribution in [0.1, 0.15) is 28.5 Å². The number of hydrogen-bond donors (Lipinski definition) is 1. The summed E-state index contributed by atoms with van der Waals surface area (Å²) >= 11 is 0. The van der Waals surface area contributed by atoms with Crippen molar-refractivity contribution in [3.8, 4) is 0 Å². The monoisotopic (exact) mass is 279 g/mol. The van der Waals surface area contributed by atoms with E-state index in [4.69, 9.17) is 4.42 Å². The summed E-state index contributed by atoms with van der Waals surface area (Å²) in [5.41, 5.74) is 4.84. The van der Waals surface area contributed by atoms with Gasteiger partial charge in [0, 0.05) is 5.39 Å².